The molecule has 0 aliphatic heterocycles. The number of nitrogens with one attached hydrogen (secondary N) is 2. The predicted octanol–water partition coefficient (Wildman–Crippen LogP) is 3.61. The average molecular weight is 314 g/mol. The molecule has 120 valence electrons. The van der Waals surface area contributed by atoms with Crippen LogP contribution in [0.3, 0.4) is 0 Å². The van der Waals surface area contributed by atoms with Crippen molar-refractivity contribution in [2.45, 2.75) is 26.3 Å². The largest absolute Gasteiger partial charge is 0.350 e. The zero-order valence-electron chi connectivity index (χ0n) is 13.1. The Bertz CT molecular complexity index is 716. The van der Waals surface area contributed by atoms with Crippen LogP contribution in [0.25, 0.3) is 0 Å². The summed E-state index contributed by atoms with van der Waals surface area (Å²) in [7, 11) is 0. The van der Waals surface area contributed by atoms with E-state index in [-0.39, 0.29) is 17.5 Å². The van der Waals surface area contributed by atoms with Crippen LogP contribution < -0.4 is 10.6 Å². The van der Waals surface area contributed by atoms with Gasteiger partial charge in [0.05, 0.1) is 11.3 Å². The molecule has 4 nitrogen and oxygen atoms in total. The highest BCUT2D eigenvalue weighted by Gasteiger charge is 2.15. The Morgan fingerprint density at radius 3 is 2.52 bits per heavy atom. The molecule has 0 aromatic heterocycles. The lowest BCUT2D eigenvalue weighted by Crippen LogP contribution is -2.32. The molecule has 2 aromatic carbocycles. The topological polar surface area (TPSA) is 58.2 Å². The Balaban J connectivity index is 2.20. The Hall–Kier alpha value is -2.69. The molecule has 23 heavy (non-hydrogen) atoms. The van der Waals surface area contributed by atoms with Crippen LogP contribution in [-0.2, 0) is 0 Å². The number of amides is 2. The molecule has 1 atom stereocenters. The molecule has 2 rings (SSSR count). The minimum Gasteiger partial charge on any atom is -0.350 e. The van der Waals surface area contributed by atoms with Crippen LogP contribution in [0.4, 0.5) is 10.1 Å². The predicted molar refractivity (Wildman–Crippen MR) is 88.0 cm³/mol. The van der Waals surface area contributed by atoms with Gasteiger partial charge in [0.2, 0.25) is 0 Å². The van der Waals surface area contributed by atoms with Gasteiger partial charge in [0, 0.05) is 11.6 Å². The summed E-state index contributed by atoms with van der Waals surface area (Å²) in [6.07, 6.45) is 0.809. The number of para-hydroxylation sites is 1. The first-order valence-electron chi connectivity index (χ1n) is 7.48. The summed E-state index contributed by atoms with van der Waals surface area (Å²) in [5.74, 6) is -1.21. The van der Waals surface area contributed by atoms with Crippen LogP contribution in [0.15, 0.2) is 48.5 Å². The number of hydrogen-bond acceptors (Lipinski definition) is 2. The van der Waals surface area contributed by atoms with Crippen molar-refractivity contribution in [3.05, 3.63) is 65.5 Å². The smallest absolute Gasteiger partial charge is 0.255 e. The Morgan fingerprint density at radius 1 is 1.09 bits per heavy atom. The van der Waals surface area contributed by atoms with Crippen LogP contribution in [0.1, 0.15) is 41.0 Å². The van der Waals surface area contributed by atoms with Crippen LogP contribution >= 0.6 is 0 Å². The number of rotatable bonds is 5. The molecule has 1 unspecified atom stereocenters. The van der Waals surface area contributed by atoms with Gasteiger partial charge in [0.1, 0.15) is 5.82 Å². The van der Waals surface area contributed by atoms with E-state index in [1.165, 1.54) is 18.2 Å². The van der Waals surface area contributed by atoms with Crippen LogP contribution in [0.5, 0.6) is 0 Å². The summed E-state index contributed by atoms with van der Waals surface area (Å²) in [5.41, 5.74) is 0.960. The number of halogens is 1. The van der Waals surface area contributed by atoms with Gasteiger partial charge >= 0.3 is 0 Å². The Morgan fingerprint density at radius 2 is 1.83 bits per heavy atom. The second kappa shape index (κ2) is 7.54. The second-order valence-electron chi connectivity index (χ2n) is 5.29. The highest BCUT2D eigenvalue weighted by Crippen LogP contribution is 2.17. The molecule has 0 aliphatic carbocycles. The van der Waals surface area contributed by atoms with Gasteiger partial charge in [-0.25, -0.2) is 4.39 Å². The molecular formula is C18H19FN2O2. The Labute approximate surface area is 134 Å². The van der Waals surface area contributed by atoms with E-state index >= 15 is 0 Å². The van der Waals surface area contributed by atoms with Crippen molar-refractivity contribution in [1.82, 2.24) is 5.32 Å². The van der Waals surface area contributed by atoms with Crippen LogP contribution in [0, 0.1) is 5.82 Å². The Kier molecular flexibility index (Phi) is 5.46. The lowest BCUT2D eigenvalue weighted by molar-refractivity contribution is 0.0940. The third-order valence-corrected chi connectivity index (χ3v) is 3.50. The number of carbonyl (C=O) groups excluding carboxylic acids is 2. The third-order valence-electron chi connectivity index (χ3n) is 3.50. The highest BCUT2D eigenvalue weighted by atomic mass is 19.1. The van der Waals surface area contributed by atoms with Gasteiger partial charge in [-0.2, -0.15) is 0 Å². The van der Waals surface area contributed by atoms with E-state index in [4.69, 9.17) is 0 Å². The summed E-state index contributed by atoms with van der Waals surface area (Å²) >= 11 is 0. The number of hydrogen-bond donors (Lipinski definition) is 2. The number of benzene rings is 2. The molecule has 0 fully saturated rings. The van der Waals surface area contributed by atoms with Gasteiger partial charge in [0.25, 0.3) is 11.8 Å². The molecular weight excluding hydrogens is 295 g/mol. The van der Waals surface area contributed by atoms with Crippen molar-refractivity contribution >= 4 is 17.5 Å². The molecule has 0 saturated heterocycles. The quantitative estimate of drug-likeness (QED) is 0.886. The molecule has 0 bridgehead atoms. The van der Waals surface area contributed by atoms with Crippen molar-refractivity contribution < 1.29 is 14.0 Å². The fourth-order valence-corrected chi connectivity index (χ4v) is 2.02. The molecule has 5 heteroatoms. The first kappa shape index (κ1) is 16.7. The van der Waals surface area contributed by atoms with Gasteiger partial charge in [-0.05, 0) is 43.7 Å². The SMILES string of the molecule is CCC(C)NC(=O)c1ccccc1NC(=O)c1cccc(F)c1. The molecule has 2 aromatic rings. The van der Waals surface area contributed by atoms with E-state index in [9.17, 15) is 14.0 Å². The molecule has 2 N–H and O–H groups in total. The van der Waals surface area contributed by atoms with E-state index in [0.717, 1.165) is 12.5 Å². The van der Waals surface area contributed by atoms with E-state index in [1.54, 1.807) is 24.3 Å². The van der Waals surface area contributed by atoms with Gasteiger partial charge in [-0.3, -0.25) is 9.59 Å². The molecule has 0 heterocycles. The highest BCUT2D eigenvalue weighted by molar-refractivity contribution is 6.09. The van der Waals surface area contributed by atoms with Gasteiger partial charge in [-0.1, -0.05) is 25.1 Å². The summed E-state index contributed by atoms with van der Waals surface area (Å²) in [4.78, 5) is 24.5. The number of anilines is 1. The lowest BCUT2D eigenvalue weighted by atomic mass is 10.1. The zero-order chi connectivity index (χ0) is 16.8. The minimum absolute atomic E-state index is 0.0366. The maximum absolute atomic E-state index is 13.2. The van der Waals surface area contributed by atoms with E-state index < -0.39 is 11.7 Å². The fourth-order valence-electron chi connectivity index (χ4n) is 2.02. The van der Waals surface area contributed by atoms with E-state index in [1.807, 2.05) is 13.8 Å². The van der Waals surface area contributed by atoms with Crippen LogP contribution in [-0.4, -0.2) is 17.9 Å². The van der Waals surface area contributed by atoms with Gasteiger partial charge in [0.15, 0.2) is 0 Å². The van der Waals surface area contributed by atoms with Crippen molar-refractivity contribution in [2.24, 2.45) is 0 Å². The molecule has 0 aliphatic rings. The van der Waals surface area contributed by atoms with Crippen molar-refractivity contribution in [3.8, 4) is 0 Å². The molecule has 2 amide bonds. The van der Waals surface area contributed by atoms with Crippen molar-refractivity contribution in [3.63, 3.8) is 0 Å². The maximum Gasteiger partial charge on any atom is 0.255 e. The first-order chi connectivity index (χ1) is 11.0. The van der Waals surface area contributed by atoms with Gasteiger partial charge < -0.3 is 10.6 Å². The lowest BCUT2D eigenvalue weighted by Gasteiger charge is -2.14. The maximum atomic E-state index is 13.2. The fraction of sp³-hybridized carbons (Fsp3) is 0.222. The summed E-state index contributed by atoms with van der Waals surface area (Å²) in [6, 6.07) is 12.2. The van der Waals surface area contributed by atoms with Gasteiger partial charge in [-0.15, -0.1) is 0 Å². The van der Waals surface area contributed by atoms with E-state index in [0.29, 0.717) is 11.3 Å². The molecule has 0 saturated carbocycles. The molecule has 0 spiro atoms. The summed E-state index contributed by atoms with van der Waals surface area (Å²) < 4.78 is 13.2. The average Bonchev–Trinajstić information content (AvgIpc) is 2.55. The minimum atomic E-state index is -0.486. The zero-order valence-corrected chi connectivity index (χ0v) is 13.1. The summed E-state index contributed by atoms with van der Waals surface area (Å²) in [6.45, 7) is 3.88. The first-order valence-corrected chi connectivity index (χ1v) is 7.48. The van der Waals surface area contributed by atoms with Crippen LogP contribution in [0.2, 0.25) is 0 Å². The monoisotopic (exact) mass is 314 g/mol. The second-order valence-corrected chi connectivity index (χ2v) is 5.29. The standard InChI is InChI=1S/C18H19FN2O2/c1-3-12(2)20-18(23)15-9-4-5-10-16(15)21-17(22)13-7-6-8-14(19)11-13/h4-12H,3H2,1-2H3,(H,20,23)(H,21,22). The third kappa shape index (κ3) is 4.39. The normalized spacial score (nSPS) is 11.6. The number of carbonyl (C=O) groups is 2. The van der Waals surface area contributed by atoms with Crippen molar-refractivity contribution in [2.75, 3.05) is 5.32 Å². The summed E-state index contributed by atoms with van der Waals surface area (Å²) in [5, 5.41) is 5.52. The molecule has 0 radical (unpaired) electrons. The van der Waals surface area contributed by atoms with E-state index in [2.05, 4.69) is 10.6 Å². The van der Waals surface area contributed by atoms with Crippen molar-refractivity contribution in [1.29, 1.82) is 0 Å².